The summed E-state index contributed by atoms with van der Waals surface area (Å²) < 4.78 is 0. The van der Waals surface area contributed by atoms with E-state index in [0.717, 1.165) is 21.9 Å². The fraction of sp³-hybridized carbons (Fsp3) is 0. The van der Waals surface area contributed by atoms with Gasteiger partial charge in [-0.2, -0.15) is 0 Å². The van der Waals surface area contributed by atoms with Gasteiger partial charge >= 0.3 is 0 Å². The summed E-state index contributed by atoms with van der Waals surface area (Å²) in [7, 11) is 0. The van der Waals surface area contributed by atoms with Crippen molar-refractivity contribution >= 4 is 28.2 Å². The van der Waals surface area contributed by atoms with Crippen molar-refractivity contribution in [1.29, 1.82) is 0 Å². The number of rotatable bonds is 3. The molecule has 0 fully saturated rings. The lowest BCUT2D eigenvalue weighted by atomic mass is 9.92. The number of hydrogen-bond donors (Lipinski definition) is 0. The molecule has 0 saturated carbocycles. The van der Waals surface area contributed by atoms with Crippen LogP contribution >= 0.6 is 11.6 Å². The number of hydrogen-bond acceptors (Lipinski definition) is 1. The fourth-order valence-electron chi connectivity index (χ4n) is 3.05. The maximum atomic E-state index is 13.1. The van der Waals surface area contributed by atoms with Gasteiger partial charge in [0, 0.05) is 16.1 Å². The van der Waals surface area contributed by atoms with Crippen LogP contribution in [0.15, 0.2) is 91.0 Å². The van der Waals surface area contributed by atoms with Gasteiger partial charge in [0.2, 0.25) is 0 Å². The van der Waals surface area contributed by atoms with Crippen molar-refractivity contribution in [2.24, 2.45) is 0 Å². The van der Waals surface area contributed by atoms with E-state index in [4.69, 9.17) is 11.6 Å². The van der Waals surface area contributed by atoms with Crippen LogP contribution in [-0.2, 0) is 0 Å². The highest BCUT2D eigenvalue weighted by molar-refractivity contribution is 6.30. The molecule has 120 valence electrons. The number of fused-ring (bicyclic) bond motifs is 1. The van der Waals surface area contributed by atoms with Crippen LogP contribution in [0.2, 0.25) is 5.02 Å². The van der Waals surface area contributed by atoms with E-state index in [9.17, 15) is 4.79 Å². The van der Waals surface area contributed by atoms with Gasteiger partial charge in [0.05, 0.1) is 0 Å². The zero-order valence-electron chi connectivity index (χ0n) is 13.4. The zero-order valence-corrected chi connectivity index (χ0v) is 14.2. The van der Waals surface area contributed by atoms with Gasteiger partial charge in [0.1, 0.15) is 0 Å². The van der Waals surface area contributed by atoms with E-state index >= 15 is 0 Å². The molecule has 0 aliphatic rings. The molecule has 0 aliphatic carbocycles. The van der Waals surface area contributed by atoms with Crippen molar-refractivity contribution in [3.8, 4) is 11.1 Å². The third-order valence-corrected chi connectivity index (χ3v) is 4.57. The highest BCUT2D eigenvalue weighted by atomic mass is 35.5. The number of halogens is 1. The Kier molecular flexibility index (Phi) is 4.09. The van der Waals surface area contributed by atoms with Crippen LogP contribution in [-0.4, -0.2) is 5.78 Å². The Morgan fingerprint density at radius 2 is 1.36 bits per heavy atom. The molecule has 0 bridgehead atoms. The number of carbonyl (C=O) groups is 1. The molecule has 0 aliphatic heterocycles. The van der Waals surface area contributed by atoms with Crippen LogP contribution in [0.25, 0.3) is 21.9 Å². The first-order chi connectivity index (χ1) is 12.2. The molecule has 4 aromatic carbocycles. The fourth-order valence-corrected chi connectivity index (χ4v) is 3.18. The lowest BCUT2D eigenvalue weighted by Crippen LogP contribution is -2.02. The maximum absolute atomic E-state index is 13.1. The topological polar surface area (TPSA) is 17.1 Å². The van der Waals surface area contributed by atoms with Gasteiger partial charge in [-0.15, -0.1) is 0 Å². The highest BCUT2D eigenvalue weighted by Crippen LogP contribution is 2.30. The van der Waals surface area contributed by atoms with E-state index in [1.54, 1.807) is 0 Å². The molecular formula is C23H15ClO. The Hall–Kier alpha value is -2.90. The smallest absolute Gasteiger partial charge is 0.193 e. The molecule has 0 aromatic heterocycles. The van der Waals surface area contributed by atoms with Gasteiger partial charge < -0.3 is 0 Å². The maximum Gasteiger partial charge on any atom is 0.193 e. The molecular weight excluding hydrogens is 328 g/mol. The molecule has 0 heterocycles. The molecule has 0 saturated heterocycles. The van der Waals surface area contributed by atoms with Crippen molar-refractivity contribution in [3.05, 3.63) is 107 Å². The lowest BCUT2D eigenvalue weighted by Gasteiger charge is -2.10. The minimum atomic E-state index is 0.0348. The van der Waals surface area contributed by atoms with Gasteiger partial charge in [-0.1, -0.05) is 78.3 Å². The van der Waals surface area contributed by atoms with Crippen molar-refractivity contribution < 1.29 is 4.79 Å². The first kappa shape index (κ1) is 15.6. The van der Waals surface area contributed by atoms with E-state index in [1.807, 2.05) is 84.9 Å². The van der Waals surface area contributed by atoms with Gasteiger partial charge in [-0.3, -0.25) is 4.79 Å². The Labute approximate surface area is 151 Å². The van der Waals surface area contributed by atoms with Crippen LogP contribution in [0, 0.1) is 0 Å². The Morgan fingerprint density at radius 1 is 0.680 bits per heavy atom. The largest absolute Gasteiger partial charge is 0.289 e. The third kappa shape index (κ3) is 3.07. The van der Waals surface area contributed by atoms with Crippen LogP contribution in [0.5, 0.6) is 0 Å². The van der Waals surface area contributed by atoms with Crippen molar-refractivity contribution in [1.82, 2.24) is 0 Å². The average Bonchev–Trinajstić information content (AvgIpc) is 2.68. The monoisotopic (exact) mass is 342 g/mol. The molecule has 4 aromatic rings. The van der Waals surface area contributed by atoms with E-state index in [1.165, 1.54) is 0 Å². The molecule has 0 amide bonds. The molecule has 0 radical (unpaired) electrons. The summed E-state index contributed by atoms with van der Waals surface area (Å²) in [6.07, 6.45) is 0. The number of carbonyl (C=O) groups excluding carboxylic acids is 1. The van der Waals surface area contributed by atoms with Crippen molar-refractivity contribution in [2.75, 3.05) is 0 Å². The number of benzene rings is 4. The minimum Gasteiger partial charge on any atom is -0.289 e. The molecule has 0 N–H and O–H groups in total. The van der Waals surface area contributed by atoms with E-state index < -0.39 is 0 Å². The highest BCUT2D eigenvalue weighted by Gasteiger charge is 2.14. The second-order valence-corrected chi connectivity index (χ2v) is 6.38. The molecule has 0 unspecified atom stereocenters. The van der Waals surface area contributed by atoms with Crippen LogP contribution in [0.1, 0.15) is 15.9 Å². The predicted molar refractivity (Wildman–Crippen MR) is 104 cm³/mol. The second kappa shape index (κ2) is 6.54. The molecule has 1 nitrogen and oxygen atoms in total. The summed E-state index contributed by atoms with van der Waals surface area (Å²) in [5, 5.41) is 2.72. The average molecular weight is 343 g/mol. The van der Waals surface area contributed by atoms with Gasteiger partial charge in [-0.25, -0.2) is 0 Å². The SMILES string of the molecule is O=C(c1ccccc1)c1cc(-c2ccc(Cl)cc2)cc2ccccc12. The van der Waals surface area contributed by atoms with Gasteiger partial charge in [0.15, 0.2) is 5.78 Å². The molecule has 0 atom stereocenters. The standard InChI is InChI=1S/C23H15ClO/c24-20-12-10-16(11-13-20)19-14-18-8-4-5-9-21(18)22(15-19)23(25)17-6-2-1-3-7-17/h1-15H. The first-order valence-electron chi connectivity index (χ1n) is 8.11. The van der Waals surface area contributed by atoms with Crippen LogP contribution < -0.4 is 0 Å². The van der Waals surface area contributed by atoms with E-state index in [-0.39, 0.29) is 5.78 Å². The summed E-state index contributed by atoms with van der Waals surface area (Å²) in [6.45, 7) is 0. The zero-order chi connectivity index (χ0) is 17.2. The van der Waals surface area contributed by atoms with Crippen molar-refractivity contribution in [2.45, 2.75) is 0 Å². The Bertz CT molecular complexity index is 1050. The van der Waals surface area contributed by atoms with Crippen molar-refractivity contribution in [3.63, 3.8) is 0 Å². The second-order valence-electron chi connectivity index (χ2n) is 5.95. The molecule has 25 heavy (non-hydrogen) atoms. The minimum absolute atomic E-state index is 0.0348. The van der Waals surface area contributed by atoms with E-state index in [2.05, 4.69) is 6.07 Å². The summed E-state index contributed by atoms with van der Waals surface area (Å²) in [5.74, 6) is 0.0348. The summed E-state index contributed by atoms with van der Waals surface area (Å²) in [5.41, 5.74) is 3.46. The third-order valence-electron chi connectivity index (χ3n) is 4.32. The quantitative estimate of drug-likeness (QED) is 0.394. The summed E-state index contributed by atoms with van der Waals surface area (Å²) in [6, 6.07) is 29.2. The predicted octanol–water partition coefficient (Wildman–Crippen LogP) is 6.39. The molecule has 0 spiro atoms. The van der Waals surface area contributed by atoms with Gasteiger partial charge in [-0.05, 0) is 46.2 Å². The summed E-state index contributed by atoms with van der Waals surface area (Å²) in [4.78, 5) is 13.1. The van der Waals surface area contributed by atoms with Gasteiger partial charge in [0.25, 0.3) is 0 Å². The Morgan fingerprint density at radius 3 is 2.12 bits per heavy atom. The lowest BCUT2D eigenvalue weighted by molar-refractivity contribution is 0.104. The summed E-state index contributed by atoms with van der Waals surface area (Å²) >= 11 is 6.00. The molecule has 2 heteroatoms. The first-order valence-corrected chi connectivity index (χ1v) is 8.49. The van der Waals surface area contributed by atoms with Crippen LogP contribution in [0.4, 0.5) is 0 Å². The van der Waals surface area contributed by atoms with Crippen LogP contribution in [0.3, 0.4) is 0 Å². The Balaban J connectivity index is 1.93. The normalized spacial score (nSPS) is 10.8. The number of ketones is 1. The molecule has 4 rings (SSSR count). The van der Waals surface area contributed by atoms with E-state index in [0.29, 0.717) is 16.1 Å².